The van der Waals surface area contributed by atoms with Gasteiger partial charge in [0.05, 0.1) is 10.6 Å². The number of benzene rings is 2. The molecule has 2 aromatic carbocycles. The van der Waals surface area contributed by atoms with Crippen molar-refractivity contribution < 1.29 is 8.42 Å². The zero-order valence-corrected chi connectivity index (χ0v) is 13.1. The number of anilines is 1. The van der Waals surface area contributed by atoms with Crippen LogP contribution in [0.3, 0.4) is 0 Å². The molecule has 0 radical (unpaired) electrons. The Hall–Kier alpha value is -1.33. The highest BCUT2D eigenvalue weighted by atomic mass is 79.9. The van der Waals surface area contributed by atoms with E-state index in [9.17, 15) is 8.42 Å². The highest BCUT2D eigenvalue weighted by Gasteiger charge is 2.31. The molecule has 0 fully saturated rings. The molecular formula is C15H14BrNO2S. The second kappa shape index (κ2) is 4.90. The molecule has 1 aliphatic rings. The lowest BCUT2D eigenvalue weighted by Crippen LogP contribution is -2.25. The standard InChI is InChI=1S/C15H14BrNO2S/c16-14-8-12(17)5-6-15(14)20(18,19)9-11-7-10-3-1-2-4-13(10)11/h1-6,8,11H,7,9,17H2. The Labute approximate surface area is 126 Å². The van der Waals surface area contributed by atoms with Gasteiger partial charge >= 0.3 is 0 Å². The normalized spacial score (nSPS) is 17.4. The van der Waals surface area contributed by atoms with E-state index >= 15 is 0 Å². The van der Waals surface area contributed by atoms with Crippen LogP contribution in [0.25, 0.3) is 0 Å². The van der Waals surface area contributed by atoms with Crippen LogP contribution in [0.2, 0.25) is 0 Å². The Kier molecular flexibility index (Phi) is 3.34. The van der Waals surface area contributed by atoms with Crippen molar-refractivity contribution in [3.8, 4) is 0 Å². The third-order valence-corrected chi connectivity index (χ3v) is 6.46. The van der Waals surface area contributed by atoms with Gasteiger partial charge in [0.25, 0.3) is 0 Å². The van der Waals surface area contributed by atoms with Crippen LogP contribution in [-0.2, 0) is 16.3 Å². The summed E-state index contributed by atoms with van der Waals surface area (Å²) in [6.07, 6.45) is 0.835. The van der Waals surface area contributed by atoms with Crippen molar-refractivity contribution in [1.82, 2.24) is 0 Å². The SMILES string of the molecule is Nc1ccc(S(=O)(=O)CC2Cc3ccccc32)c(Br)c1. The summed E-state index contributed by atoms with van der Waals surface area (Å²) in [5.41, 5.74) is 8.60. The van der Waals surface area contributed by atoms with E-state index in [0.717, 1.165) is 12.0 Å². The Morgan fingerprint density at radius 1 is 1.20 bits per heavy atom. The van der Waals surface area contributed by atoms with Crippen LogP contribution in [0, 0.1) is 0 Å². The Morgan fingerprint density at radius 2 is 1.95 bits per heavy atom. The summed E-state index contributed by atoms with van der Waals surface area (Å²) in [4.78, 5) is 0.316. The topological polar surface area (TPSA) is 60.2 Å². The van der Waals surface area contributed by atoms with Gasteiger partial charge in [0, 0.05) is 16.1 Å². The van der Waals surface area contributed by atoms with Gasteiger partial charge in [0.1, 0.15) is 0 Å². The maximum absolute atomic E-state index is 12.5. The predicted molar refractivity (Wildman–Crippen MR) is 83.5 cm³/mol. The van der Waals surface area contributed by atoms with Crippen LogP contribution in [0.1, 0.15) is 17.0 Å². The molecule has 2 N–H and O–H groups in total. The van der Waals surface area contributed by atoms with Gasteiger partial charge in [-0.05, 0) is 51.7 Å². The van der Waals surface area contributed by atoms with Gasteiger partial charge in [-0.2, -0.15) is 0 Å². The zero-order valence-electron chi connectivity index (χ0n) is 10.7. The first-order valence-electron chi connectivity index (χ1n) is 6.33. The van der Waals surface area contributed by atoms with Crippen molar-refractivity contribution >= 4 is 31.5 Å². The van der Waals surface area contributed by atoms with Crippen molar-refractivity contribution in [2.45, 2.75) is 17.2 Å². The Bertz CT molecular complexity index is 771. The van der Waals surface area contributed by atoms with Gasteiger partial charge < -0.3 is 5.73 Å². The predicted octanol–water partition coefficient (Wildman–Crippen LogP) is 3.14. The molecule has 0 saturated heterocycles. The number of sulfone groups is 1. The molecule has 5 heteroatoms. The highest BCUT2D eigenvalue weighted by molar-refractivity contribution is 9.10. The van der Waals surface area contributed by atoms with Gasteiger partial charge in [-0.15, -0.1) is 0 Å². The molecule has 104 valence electrons. The molecule has 0 aromatic heterocycles. The average Bonchev–Trinajstić information content (AvgIpc) is 2.35. The van der Waals surface area contributed by atoms with E-state index in [4.69, 9.17) is 5.73 Å². The Balaban J connectivity index is 1.88. The van der Waals surface area contributed by atoms with E-state index in [1.54, 1.807) is 18.2 Å². The molecule has 1 aliphatic carbocycles. The number of hydrogen-bond acceptors (Lipinski definition) is 3. The van der Waals surface area contributed by atoms with Gasteiger partial charge in [-0.25, -0.2) is 8.42 Å². The summed E-state index contributed by atoms with van der Waals surface area (Å²) in [7, 11) is -3.31. The van der Waals surface area contributed by atoms with E-state index in [2.05, 4.69) is 22.0 Å². The van der Waals surface area contributed by atoms with Crippen molar-refractivity contribution in [3.05, 3.63) is 58.1 Å². The summed E-state index contributed by atoms with van der Waals surface area (Å²) >= 11 is 3.29. The van der Waals surface area contributed by atoms with E-state index in [1.807, 2.05) is 18.2 Å². The largest absolute Gasteiger partial charge is 0.399 e. The van der Waals surface area contributed by atoms with Crippen molar-refractivity contribution in [1.29, 1.82) is 0 Å². The molecule has 0 bridgehead atoms. The second-order valence-corrected chi connectivity index (χ2v) is 7.93. The molecule has 0 saturated carbocycles. The third kappa shape index (κ3) is 2.36. The van der Waals surface area contributed by atoms with Crippen LogP contribution >= 0.6 is 15.9 Å². The summed E-state index contributed by atoms with van der Waals surface area (Å²) in [5.74, 6) is 0.243. The highest BCUT2D eigenvalue weighted by Crippen LogP contribution is 2.37. The average molecular weight is 352 g/mol. The molecule has 0 aliphatic heterocycles. The second-order valence-electron chi connectivity index (χ2n) is 5.07. The maximum Gasteiger partial charge on any atom is 0.180 e. The van der Waals surface area contributed by atoms with Crippen LogP contribution in [0.4, 0.5) is 5.69 Å². The van der Waals surface area contributed by atoms with Gasteiger partial charge in [0.15, 0.2) is 9.84 Å². The summed E-state index contributed by atoms with van der Waals surface area (Å²) < 4.78 is 25.5. The monoisotopic (exact) mass is 351 g/mol. The fourth-order valence-electron chi connectivity index (χ4n) is 2.64. The molecule has 0 heterocycles. The van der Waals surface area contributed by atoms with E-state index in [0.29, 0.717) is 15.1 Å². The number of halogens is 1. The van der Waals surface area contributed by atoms with Crippen LogP contribution in [0.5, 0.6) is 0 Å². The fourth-order valence-corrected chi connectivity index (χ4v) is 5.41. The van der Waals surface area contributed by atoms with Gasteiger partial charge in [-0.3, -0.25) is 0 Å². The van der Waals surface area contributed by atoms with E-state index in [-0.39, 0.29) is 11.7 Å². The molecule has 2 aromatic rings. The summed E-state index contributed by atoms with van der Waals surface area (Å²) in [6.45, 7) is 0. The number of nitrogen functional groups attached to an aromatic ring is 1. The molecule has 3 rings (SSSR count). The van der Waals surface area contributed by atoms with E-state index in [1.165, 1.54) is 5.56 Å². The number of hydrogen-bond donors (Lipinski definition) is 1. The number of fused-ring (bicyclic) bond motifs is 1. The molecule has 1 atom stereocenters. The van der Waals surface area contributed by atoms with Crippen LogP contribution in [-0.4, -0.2) is 14.2 Å². The molecular weight excluding hydrogens is 338 g/mol. The van der Waals surface area contributed by atoms with Crippen molar-refractivity contribution in [2.75, 3.05) is 11.5 Å². The number of rotatable bonds is 3. The first-order valence-corrected chi connectivity index (χ1v) is 8.77. The molecule has 1 unspecified atom stereocenters. The van der Waals surface area contributed by atoms with Crippen LogP contribution in [0.15, 0.2) is 51.8 Å². The van der Waals surface area contributed by atoms with E-state index < -0.39 is 9.84 Å². The summed E-state index contributed by atoms with van der Waals surface area (Å²) in [6, 6.07) is 12.8. The molecule has 0 spiro atoms. The third-order valence-electron chi connectivity index (χ3n) is 3.67. The maximum atomic E-state index is 12.5. The van der Waals surface area contributed by atoms with Crippen LogP contribution < -0.4 is 5.73 Å². The zero-order chi connectivity index (χ0) is 14.3. The van der Waals surface area contributed by atoms with Crippen molar-refractivity contribution in [3.63, 3.8) is 0 Å². The molecule has 0 amide bonds. The fraction of sp³-hybridized carbons (Fsp3) is 0.200. The first-order chi connectivity index (χ1) is 9.47. The first kappa shape index (κ1) is 13.6. The van der Waals surface area contributed by atoms with Gasteiger partial charge in [-0.1, -0.05) is 24.3 Å². The molecule has 3 nitrogen and oxygen atoms in total. The molecule has 20 heavy (non-hydrogen) atoms. The minimum Gasteiger partial charge on any atom is -0.399 e. The van der Waals surface area contributed by atoms with Crippen molar-refractivity contribution in [2.24, 2.45) is 0 Å². The number of nitrogens with two attached hydrogens (primary N) is 1. The minimum atomic E-state index is -3.31. The lowest BCUT2D eigenvalue weighted by Gasteiger charge is -2.29. The quantitative estimate of drug-likeness (QED) is 0.864. The minimum absolute atomic E-state index is 0.0978. The lowest BCUT2D eigenvalue weighted by molar-refractivity contribution is 0.576. The van der Waals surface area contributed by atoms with Gasteiger partial charge in [0.2, 0.25) is 0 Å². The smallest absolute Gasteiger partial charge is 0.180 e. The lowest BCUT2D eigenvalue weighted by atomic mass is 9.79. The Morgan fingerprint density at radius 3 is 2.65 bits per heavy atom. The summed E-state index contributed by atoms with van der Waals surface area (Å²) in [5, 5.41) is 0.